The summed E-state index contributed by atoms with van der Waals surface area (Å²) in [6.45, 7) is 3.60. The van der Waals surface area contributed by atoms with Crippen LogP contribution in [0.25, 0.3) is 0 Å². The number of carbonyl (C=O) groups is 1. The standard InChI is InChI=1S/C18H24N4O2S/c23-13-16(11-15-3-10-25-14-15)12-20-18(24)22-8-6-21(7-9-22)17-1-4-19-5-2-17/h1-5,10,14,16,23H,6-9,11-13H2,(H,20,24). The number of nitrogens with one attached hydrogen (secondary N) is 1. The molecule has 3 heterocycles. The van der Waals surface area contributed by atoms with Crippen LogP contribution in [0, 0.1) is 5.92 Å². The number of amides is 2. The first-order chi connectivity index (χ1) is 12.3. The van der Waals surface area contributed by atoms with Crippen LogP contribution in [0.4, 0.5) is 10.5 Å². The topological polar surface area (TPSA) is 68.7 Å². The number of anilines is 1. The van der Waals surface area contributed by atoms with Crippen molar-refractivity contribution >= 4 is 23.1 Å². The number of aliphatic hydroxyl groups excluding tert-OH is 1. The molecular formula is C18H24N4O2S. The van der Waals surface area contributed by atoms with E-state index in [0.717, 1.165) is 25.2 Å². The summed E-state index contributed by atoms with van der Waals surface area (Å²) in [5.41, 5.74) is 2.36. The molecule has 1 atom stereocenters. The maximum atomic E-state index is 12.4. The summed E-state index contributed by atoms with van der Waals surface area (Å²) in [5.74, 6) is 0.0525. The highest BCUT2D eigenvalue weighted by Crippen LogP contribution is 2.15. The van der Waals surface area contributed by atoms with Gasteiger partial charge in [0.25, 0.3) is 0 Å². The van der Waals surface area contributed by atoms with E-state index in [2.05, 4.69) is 26.6 Å². The second-order valence-corrected chi connectivity index (χ2v) is 7.03. The number of hydrogen-bond acceptors (Lipinski definition) is 5. The number of rotatable bonds is 6. The fourth-order valence-corrected chi connectivity index (χ4v) is 3.69. The molecule has 2 aromatic rings. The molecule has 1 aliphatic rings. The highest BCUT2D eigenvalue weighted by atomic mass is 32.1. The smallest absolute Gasteiger partial charge is 0.317 e. The van der Waals surface area contributed by atoms with E-state index in [1.54, 1.807) is 23.7 Å². The minimum atomic E-state index is -0.0434. The van der Waals surface area contributed by atoms with Crippen LogP contribution in [0.5, 0.6) is 0 Å². The highest BCUT2D eigenvalue weighted by Gasteiger charge is 2.21. The summed E-state index contributed by atoms with van der Waals surface area (Å²) >= 11 is 1.65. The fraction of sp³-hybridized carbons (Fsp3) is 0.444. The quantitative estimate of drug-likeness (QED) is 0.825. The van der Waals surface area contributed by atoms with Crippen LogP contribution in [0.15, 0.2) is 41.4 Å². The van der Waals surface area contributed by atoms with Crippen molar-refractivity contribution in [3.8, 4) is 0 Å². The van der Waals surface area contributed by atoms with Crippen molar-refractivity contribution in [2.45, 2.75) is 6.42 Å². The lowest BCUT2D eigenvalue weighted by atomic mass is 10.0. The van der Waals surface area contributed by atoms with Gasteiger partial charge in [-0.05, 0) is 40.9 Å². The van der Waals surface area contributed by atoms with E-state index in [1.807, 2.05) is 22.4 Å². The maximum Gasteiger partial charge on any atom is 0.317 e. The molecule has 2 aromatic heterocycles. The van der Waals surface area contributed by atoms with Gasteiger partial charge in [-0.15, -0.1) is 0 Å². The number of thiophene rings is 1. The molecule has 2 amide bonds. The molecule has 1 fully saturated rings. The zero-order chi connectivity index (χ0) is 17.5. The highest BCUT2D eigenvalue weighted by molar-refractivity contribution is 7.07. The predicted octanol–water partition coefficient (Wildman–Crippen LogP) is 1.83. The summed E-state index contributed by atoms with van der Waals surface area (Å²) in [4.78, 5) is 20.5. The molecule has 6 nitrogen and oxygen atoms in total. The Labute approximate surface area is 152 Å². The van der Waals surface area contributed by atoms with Gasteiger partial charge in [-0.1, -0.05) is 0 Å². The fourth-order valence-electron chi connectivity index (χ4n) is 3.01. The van der Waals surface area contributed by atoms with E-state index in [0.29, 0.717) is 19.6 Å². The third-order valence-electron chi connectivity index (χ3n) is 4.50. The molecule has 25 heavy (non-hydrogen) atoms. The lowest BCUT2D eigenvalue weighted by Crippen LogP contribution is -2.52. The molecular weight excluding hydrogens is 336 g/mol. The molecule has 0 radical (unpaired) electrons. The van der Waals surface area contributed by atoms with Gasteiger partial charge >= 0.3 is 6.03 Å². The Hall–Kier alpha value is -2.12. The Morgan fingerprint density at radius 1 is 1.24 bits per heavy atom. The first kappa shape index (κ1) is 17.7. The molecule has 0 saturated carbocycles. The number of pyridine rings is 1. The lowest BCUT2D eigenvalue weighted by Gasteiger charge is -2.36. The number of nitrogens with zero attached hydrogens (tertiary/aromatic N) is 3. The summed E-state index contributed by atoms with van der Waals surface area (Å²) in [5, 5.41) is 16.6. The molecule has 0 spiro atoms. The first-order valence-electron chi connectivity index (χ1n) is 8.56. The van der Waals surface area contributed by atoms with Crippen LogP contribution in [0.1, 0.15) is 5.56 Å². The van der Waals surface area contributed by atoms with Gasteiger partial charge < -0.3 is 20.2 Å². The molecule has 0 aliphatic carbocycles. The third kappa shape index (κ3) is 4.93. The third-order valence-corrected chi connectivity index (χ3v) is 5.23. The summed E-state index contributed by atoms with van der Waals surface area (Å²) in [7, 11) is 0. The van der Waals surface area contributed by atoms with Crippen molar-refractivity contribution < 1.29 is 9.90 Å². The molecule has 0 aromatic carbocycles. The Morgan fingerprint density at radius 3 is 2.64 bits per heavy atom. The number of aromatic nitrogens is 1. The normalized spacial score (nSPS) is 15.9. The van der Waals surface area contributed by atoms with E-state index in [9.17, 15) is 9.90 Å². The van der Waals surface area contributed by atoms with Gasteiger partial charge in [-0.3, -0.25) is 4.98 Å². The second kappa shape index (κ2) is 8.82. The number of urea groups is 1. The molecule has 1 unspecified atom stereocenters. The van der Waals surface area contributed by atoms with Crippen molar-refractivity contribution in [1.82, 2.24) is 15.2 Å². The van der Waals surface area contributed by atoms with E-state index in [1.165, 1.54) is 5.56 Å². The SMILES string of the molecule is O=C(NCC(CO)Cc1ccsc1)N1CCN(c2ccncc2)CC1. The molecule has 7 heteroatoms. The average Bonchev–Trinajstić information content (AvgIpc) is 3.19. The van der Waals surface area contributed by atoms with Gasteiger partial charge in [-0.25, -0.2) is 4.79 Å². The van der Waals surface area contributed by atoms with E-state index < -0.39 is 0 Å². The summed E-state index contributed by atoms with van der Waals surface area (Å²) < 4.78 is 0. The Kier molecular flexibility index (Phi) is 6.25. The molecule has 0 bridgehead atoms. The van der Waals surface area contributed by atoms with E-state index >= 15 is 0 Å². The molecule has 1 aliphatic heterocycles. The Morgan fingerprint density at radius 2 is 2.00 bits per heavy atom. The minimum absolute atomic E-state index is 0.0434. The van der Waals surface area contributed by atoms with Gasteiger partial charge in [0.2, 0.25) is 0 Å². The van der Waals surface area contributed by atoms with Crippen LogP contribution < -0.4 is 10.2 Å². The van der Waals surface area contributed by atoms with Crippen LogP contribution >= 0.6 is 11.3 Å². The second-order valence-electron chi connectivity index (χ2n) is 6.25. The van der Waals surface area contributed by atoms with Crippen molar-refractivity contribution in [3.63, 3.8) is 0 Å². The summed E-state index contributed by atoms with van der Waals surface area (Å²) in [6, 6.07) is 6.00. The summed E-state index contributed by atoms with van der Waals surface area (Å²) in [6.07, 6.45) is 4.37. The first-order valence-corrected chi connectivity index (χ1v) is 9.50. The van der Waals surface area contributed by atoms with Crippen molar-refractivity contribution in [2.75, 3.05) is 44.2 Å². The molecule has 1 saturated heterocycles. The minimum Gasteiger partial charge on any atom is -0.396 e. The molecule has 134 valence electrons. The number of hydrogen-bond donors (Lipinski definition) is 2. The monoisotopic (exact) mass is 360 g/mol. The maximum absolute atomic E-state index is 12.4. The average molecular weight is 360 g/mol. The van der Waals surface area contributed by atoms with E-state index in [-0.39, 0.29) is 18.6 Å². The van der Waals surface area contributed by atoms with E-state index in [4.69, 9.17) is 0 Å². The lowest BCUT2D eigenvalue weighted by molar-refractivity contribution is 0.184. The Balaban J connectivity index is 1.43. The number of piperazine rings is 1. The molecule has 3 rings (SSSR count). The van der Waals surface area contributed by atoms with Gasteiger partial charge in [-0.2, -0.15) is 11.3 Å². The van der Waals surface area contributed by atoms with Gasteiger partial charge in [0.05, 0.1) is 0 Å². The van der Waals surface area contributed by atoms with Crippen molar-refractivity contribution in [1.29, 1.82) is 0 Å². The van der Waals surface area contributed by atoms with Crippen LogP contribution in [-0.2, 0) is 6.42 Å². The van der Waals surface area contributed by atoms with Crippen molar-refractivity contribution in [3.05, 3.63) is 46.9 Å². The number of carbonyl (C=O) groups excluding carboxylic acids is 1. The van der Waals surface area contributed by atoms with Crippen LogP contribution in [0.3, 0.4) is 0 Å². The van der Waals surface area contributed by atoms with Gasteiger partial charge in [0.1, 0.15) is 0 Å². The largest absolute Gasteiger partial charge is 0.396 e. The zero-order valence-corrected chi connectivity index (χ0v) is 15.0. The van der Waals surface area contributed by atoms with Crippen LogP contribution in [-0.4, -0.2) is 60.4 Å². The van der Waals surface area contributed by atoms with Gasteiger partial charge in [0.15, 0.2) is 0 Å². The molecule has 2 N–H and O–H groups in total. The van der Waals surface area contributed by atoms with Crippen molar-refractivity contribution in [2.24, 2.45) is 5.92 Å². The van der Waals surface area contributed by atoms with Crippen LogP contribution in [0.2, 0.25) is 0 Å². The predicted molar refractivity (Wildman–Crippen MR) is 100 cm³/mol. The Bertz CT molecular complexity index is 642. The van der Waals surface area contributed by atoms with Gasteiger partial charge in [0, 0.05) is 63.3 Å². The number of aliphatic hydroxyl groups is 1. The zero-order valence-electron chi connectivity index (χ0n) is 14.2.